The molecule has 1 rings (SSSR count). The zero-order valence-electron chi connectivity index (χ0n) is 8.91. The number of anilines is 2. The van der Waals surface area contributed by atoms with E-state index in [-0.39, 0.29) is 5.95 Å². The van der Waals surface area contributed by atoms with Crippen molar-refractivity contribution in [2.75, 3.05) is 10.7 Å². The Hall–Kier alpha value is -1.41. The highest BCUT2D eigenvalue weighted by Gasteiger charge is 2.26. The maximum Gasteiger partial charge on any atom is 0.242 e. The van der Waals surface area contributed by atoms with Crippen LogP contribution in [-0.4, -0.2) is 21.4 Å². The summed E-state index contributed by atoms with van der Waals surface area (Å²) in [6.45, 7) is 3.30. The van der Waals surface area contributed by atoms with Crippen LogP contribution in [0, 0.1) is 0 Å². The summed E-state index contributed by atoms with van der Waals surface area (Å²) >= 11 is 3.25. The SMILES string of the molecule is CC(C)(Nc1nc(NN)ncc1Br)C(N)=O. The van der Waals surface area contributed by atoms with Gasteiger partial charge in [-0.05, 0) is 29.8 Å². The first-order chi connectivity index (χ1) is 7.36. The lowest BCUT2D eigenvalue weighted by Gasteiger charge is -2.23. The van der Waals surface area contributed by atoms with Crippen LogP contribution >= 0.6 is 15.9 Å². The van der Waals surface area contributed by atoms with E-state index in [1.54, 1.807) is 13.8 Å². The molecule has 1 aromatic heterocycles. The predicted molar refractivity (Wildman–Crippen MR) is 64.4 cm³/mol. The molecule has 0 saturated carbocycles. The smallest absolute Gasteiger partial charge is 0.242 e. The molecule has 0 bridgehead atoms. The summed E-state index contributed by atoms with van der Waals surface area (Å²) in [5.74, 6) is 5.38. The molecule has 1 amide bonds. The number of halogens is 1. The van der Waals surface area contributed by atoms with Crippen LogP contribution in [0.4, 0.5) is 11.8 Å². The second-order valence-corrected chi connectivity index (χ2v) is 4.50. The van der Waals surface area contributed by atoms with E-state index in [1.165, 1.54) is 6.20 Å². The van der Waals surface area contributed by atoms with Crippen molar-refractivity contribution in [3.63, 3.8) is 0 Å². The summed E-state index contributed by atoms with van der Waals surface area (Å²) in [5.41, 5.74) is 6.63. The van der Waals surface area contributed by atoms with E-state index in [0.717, 1.165) is 0 Å². The molecule has 0 saturated heterocycles. The zero-order valence-corrected chi connectivity index (χ0v) is 10.5. The lowest BCUT2D eigenvalue weighted by molar-refractivity contribution is -0.121. The minimum absolute atomic E-state index is 0.242. The number of aromatic nitrogens is 2. The number of hydrazine groups is 1. The number of nitrogens with one attached hydrogen (secondary N) is 2. The summed E-state index contributed by atoms with van der Waals surface area (Å²) in [7, 11) is 0. The van der Waals surface area contributed by atoms with Crippen molar-refractivity contribution in [3.05, 3.63) is 10.7 Å². The van der Waals surface area contributed by atoms with Crippen molar-refractivity contribution >= 4 is 33.6 Å². The fraction of sp³-hybridized carbons (Fsp3) is 0.375. The first-order valence-corrected chi connectivity index (χ1v) is 5.23. The monoisotopic (exact) mass is 288 g/mol. The van der Waals surface area contributed by atoms with Crippen LogP contribution in [0.3, 0.4) is 0 Å². The van der Waals surface area contributed by atoms with Gasteiger partial charge in [-0.2, -0.15) is 4.98 Å². The molecule has 7 nitrogen and oxygen atoms in total. The van der Waals surface area contributed by atoms with Gasteiger partial charge < -0.3 is 11.1 Å². The molecule has 0 fully saturated rings. The number of hydrogen-bond acceptors (Lipinski definition) is 6. The Labute approximate surface area is 101 Å². The number of carbonyl (C=O) groups is 1. The topological polar surface area (TPSA) is 119 Å². The first-order valence-electron chi connectivity index (χ1n) is 4.44. The third kappa shape index (κ3) is 2.80. The third-order valence-corrected chi connectivity index (χ3v) is 2.50. The summed E-state index contributed by atoms with van der Waals surface area (Å²) < 4.78 is 0.612. The Morgan fingerprint density at radius 2 is 2.19 bits per heavy atom. The summed E-state index contributed by atoms with van der Waals surface area (Å²) in [6.07, 6.45) is 1.52. The first kappa shape index (κ1) is 12.7. The Kier molecular flexibility index (Phi) is 3.66. The molecule has 8 heteroatoms. The van der Waals surface area contributed by atoms with Gasteiger partial charge in [0.05, 0.1) is 4.47 Å². The molecular weight excluding hydrogens is 276 g/mol. The van der Waals surface area contributed by atoms with Gasteiger partial charge in [-0.3, -0.25) is 10.2 Å². The number of primary amides is 1. The van der Waals surface area contributed by atoms with Gasteiger partial charge in [0.15, 0.2) is 0 Å². The highest BCUT2D eigenvalue weighted by Crippen LogP contribution is 2.23. The molecule has 0 radical (unpaired) electrons. The van der Waals surface area contributed by atoms with Crippen molar-refractivity contribution in [2.24, 2.45) is 11.6 Å². The van der Waals surface area contributed by atoms with Gasteiger partial charge in [0.2, 0.25) is 11.9 Å². The Balaban J connectivity index is 3.00. The minimum Gasteiger partial charge on any atom is -0.368 e. The molecule has 0 spiro atoms. The average Bonchev–Trinajstić information content (AvgIpc) is 2.21. The molecule has 0 atom stereocenters. The molecule has 1 aromatic rings. The predicted octanol–water partition coefficient (Wildman–Crippen LogP) is 0.200. The zero-order chi connectivity index (χ0) is 12.3. The number of rotatable bonds is 4. The Morgan fingerprint density at radius 1 is 1.56 bits per heavy atom. The summed E-state index contributed by atoms with van der Waals surface area (Å²) in [4.78, 5) is 19.1. The van der Waals surface area contributed by atoms with E-state index >= 15 is 0 Å². The summed E-state index contributed by atoms with van der Waals surface area (Å²) in [6, 6.07) is 0. The van der Waals surface area contributed by atoms with Gasteiger partial charge in [0.25, 0.3) is 0 Å². The van der Waals surface area contributed by atoms with E-state index in [0.29, 0.717) is 10.3 Å². The number of carbonyl (C=O) groups excluding carboxylic acids is 1. The quantitative estimate of drug-likeness (QED) is 0.464. The maximum atomic E-state index is 11.2. The average molecular weight is 289 g/mol. The summed E-state index contributed by atoms with van der Waals surface area (Å²) in [5, 5.41) is 2.89. The Bertz CT molecular complexity index is 408. The van der Waals surface area contributed by atoms with Crippen LogP contribution in [0.2, 0.25) is 0 Å². The van der Waals surface area contributed by atoms with E-state index in [2.05, 4.69) is 36.6 Å². The molecule has 6 N–H and O–H groups in total. The van der Waals surface area contributed by atoms with E-state index < -0.39 is 11.4 Å². The van der Waals surface area contributed by atoms with Crippen LogP contribution < -0.4 is 22.3 Å². The van der Waals surface area contributed by atoms with Crippen molar-refractivity contribution in [3.8, 4) is 0 Å². The van der Waals surface area contributed by atoms with Crippen LogP contribution in [0.1, 0.15) is 13.8 Å². The third-order valence-electron chi connectivity index (χ3n) is 1.92. The van der Waals surface area contributed by atoms with E-state index in [9.17, 15) is 4.79 Å². The molecule has 0 unspecified atom stereocenters. The van der Waals surface area contributed by atoms with Crippen LogP contribution in [0.5, 0.6) is 0 Å². The number of nitrogens with two attached hydrogens (primary N) is 2. The van der Waals surface area contributed by atoms with Gasteiger partial charge in [0, 0.05) is 6.20 Å². The lowest BCUT2D eigenvalue weighted by atomic mass is 10.1. The van der Waals surface area contributed by atoms with Gasteiger partial charge in [-0.1, -0.05) is 0 Å². The Morgan fingerprint density at radius 3 is 2.69 bits per heavy atom. The second-order valence-electron chi connectivity index (χ2n) is 3.65. The molecule has 0 aliphatic heterocycles. The molecular formula is C8H13BrN6O. The molecule has 0 aromatic carbocycles. The highest BCUT2D eigenvalue weighted by atomic mass is 79.9. The van der Waals surface area contributed by atoms with Crippen molar-refractivity contribution in [1.82, 2.24) is 9.97 Å². The van der Waals surface area contributed by atoms with Crippen molar-refractivity contribution in [1.29, 1.82) is 0 Å². The van der Waals surface area contributed by atoms with Gasteiger partial charge in [0.1, 0.15) is 11.4 Å². The van der Waals surface area contributed by atoms with Gasteiger partial charge >= 0.3 is 0 Å². The highest BCUT2D eigenvalue weighted by molar-refractivity contribution is 9.10. The molecule has 88 valence electrons. The molecule has 1 heterocycles. The van der Waals surface area contributed by atoms with Crippen LogP contribution in [0.15, 0.2) is 10.7 Å². The maximum absolute atomic E-state index is 11.2. The fourth-order valence-electron chi connectivity index (χ4n) is 0.882. The van der Waals surface area contributed by atoms with E-state index in [4.69, 9.17) is 11.6 Å². The van der Waals surface area contributed by atoms with E-state index in [1.807, 2.05) is 0 Å². The largest absolute Gasteiger partial charge is 0.368 e. The van der Waals surface area contributed by atoms with Crippen LogP contribution in [-0.2, 0) is 4.79 Å². The fourth-order valence-corrected chi connectivity index (χ4v) is 1.17. The number of nitrogen functional groups attached to an aromatic ring is 1. The second kappa shape index (κ2) is 4.62. The number of hydrogen-bond donors (Lipinski definition) is 4. The minimum atomic E-state index is -0.914. The number of nitrogens with zero attached hydrogens (tertiary/aromatic N) is 2. The van der Waals surface area contributed by atoms with Gasteiger partial charge in [-0.25, -0.2) is 10.8 Å². The molecule has 0 aliphatic carbocycles. The molecule has 16 heavy (non-hydrogen) atoms. The van der Waals surface area contributed by atoms with Crippen molar-refractivity contribution in [2.45, 2.75) is 19.4 Å². The van der Waals surface area contributed by atoms with Crippen LogP contribution in [0.25, 0.3) is 0 Å². The number of amides is 1. The standard InChI is InChI=1S/C8H13BrN6O/c1-8(2,6(10)16)14-5-4(9)3-12-7(13-5)15-11/h3H,11H2,1-2H3,(H2,10,16)(H2,12,13,14,15). The van der Waals surface area contributed by atoms with Crippen molar-refractivity contribution < 1.29 is 4.79 Å². The lowest BCUT2D eigenvalue weighted by Crippen LogP contribution is -2.45. The normalized spacial score (nSPS) is 11.0. The van der Waals surface area contributed by atoms with Gasteiger partial charge in [-0.15, -0.1) is 0 Å². The molecule has 0 aliphatic rings.